The quantitative estimate of drug-likeness (QED) is 0.889. The molecule has 1 aliphatic heterocycles. The predicted molar refractivity (Wildman–Crippen MR) is 70.1 cm³/mol. The van der Waals surface area contributed by atoms with E-state index < -0.39 is 0 Å². The number of piperidine rings is 1. The summed E-state index contributed by atoms with van der Waals surface area (Å²) >= 11 is 0. The van der Waals surface area contributed by atoms with Crippen molar-refractivity contribution in [1.82, 2.24) is 5.32 Å². The summed E-state index contributed by atoms with van der Waals surface area (Å²) in [6.07, 6.45) is 2.82. The van der Waals surface area contributed by atoms with Crippen molar-refractivity contribution in [3.8, 4) is 0 Å². The van der Waals surface area contributed by atoms with Gasteiger partial charge in [-0.2, -0.15) is 0 Å². The molecule has 1 saturated heterocycles. The number of rotatable bonds is 4. The smallest absolute Gasteiger partial charge is 0.244 e. The molecule has 0 aliphatic carbocycles. The highest BCUT2D eigenvalue weighted by molar-refractivity contribution is 5.97. The number of benzene rings is 1. The number of nitrogens with one attached hydrogen (secondary N) is 1. The third kappa shape index (κ3) is 2.88. The lowest BCUT2D eigenvalue weighted by molar-refractivity contribution is -0.121. The van der Waals surface area contributed by atoms with E-state index in [2.05, 4.69) is 12.2 Å². The third-order valence-electron chi connectivity index (χ3n) is 3.20. The van der Waals surface area contributed by atoms with Crippen molar-refractivity contribution in [3.63, 3.8) is 0 Å². The molecule has 1 aromatic carbocycles. The maximum Gasteiger partial charge on any atom is 0.244 e. The van der Waals surface area contributed by atoms with E-state index in [1.165, 1.54) is 12.1 Å². The molecule has 2 rings (SSSR count). The molecule has 0 bridgehead atoms. The fourth-order valence-electron chi connectivity index (χ4n) is 2.28. The number of nitrogens with zero attached hydrogens (tertiary/aromatic N) is 1. The molecule has 18 heavy (non-hydrogen) atoms. The van der Waals surface area contributed by atoms with Crippen LogP contribution in [0.4, 0.5) is 10.1 Å². The normalized spacial score (nSPS) is 20.2. The zero-order valence-electron chi connectivity index (χ0n) is 10.7. The number of carbonyl (C=O) groups is 1. The maximum atomic E-state index is 13.2. The highest BCUT2D eigenvalue weighted by Crippen LogP contribution is 2.21. The van der Waals surface area contributed by atoms with Crippen molar-refractivity contribution in [3.05, 3.63) is 30.1 Å². The van der Waals surface area contributed by atoms with Gasteiger partial charge < -0.3 is 10.2 Å². The van der Waals surface area contributed by atoms with Crippen LogP contribution in [0.2, 0.25) is 0 Å². The van der Waals surface area contributed by atoms with Gasteiger partial charge in [0.2, 0.25) is 5.91 Å². The van der Waals surface area contributed by atoms with E-state index in [1.807, 2.05) is 0 Å². The van der Waals surface area contributed by atoms with Gasteiger partial charge in [-0.3, -0.25) is 4.79 Å². The van der Waals surface area contributed by atoms with E-state index in [0.717, 1.165) is 25.8 Å². The van der Waals surface area contributed by atoms with E-state index in [4.69, 9.17) is 0 Å². The lowest BCUT2D eigenvalue weighted by Gasteiger charge is -2.32. The van der Waals surface area contributed by atoms with Crippen molar-refractivity contribution in [2.24, 2.45) is 0 Å². The molecule has 1 heterocycles. The van der Waals surface area contributed by atoms with Crippen LogP contribution in [0.3, 0.4) is 0 Å². The van der Waals surface area contributed by atoms with Crippen molar-refractivity contribution in [2.45, 2.75) is 32.2 Å². The molecule has 3 nitrogen and oxygen atoms in total. The fraction of sp³-hybridized carbons (Fsp3) is 0.500. The van der Waals surface area contributed by atoms with Crippen LogP contribution in [0.5, 0.6) is 0 Å². The van der Waals surface area contributed by atoms with E-state index in [1.54, 1.807) is 17.0 Å². The Morgan fingerprint density at radius 2 is 2.33 bits per heavy atom. The SMILES string of the molecule is CCCNC1CCCN(c2cccc(F)c2)C1=O. The van der Waals surface area contributed by atoms with Gasteiger partial charge in [-0.25, -0.2) is 4.39 Å². The van der Waals surface area contributed by atoms with Gasteiger partial charge in [0.25, 0.3) is 0 Å². The second kappa shape index (κ2) is 5.96. The minimum Gasteiger partial charge on any atom is -0.311 e. The van der Waals surface area contributed by atoms with Crippen molar-refractivity contribution < 1.29 is 9.18 Å². The van der Waals surface area contributed by atoms with Crippen LogP contribution in [0, 0.1) is 5.82 Å². The number of halogens is 1. The van der Waals surface area contributed by atoms with Crippen LogP contribution >= 0.6 is 0 Å². The molecule has 0 spiro atoms. The topological polar surface area (TPSA) is 32.3 Å². The average molecular weight is 250 g/mol. The van der Waals surface area contributed by atoms with E-state index in [0.29, 0.717) is 12.2 Å². The van der Waals surface area contributed by atoms with Gasteiger partial charge in [-0.15, -0.1) is 0 Å². The van der Waals surface area contributed by atoms with Crippen molar-refractivity contribution in [1.29, 1.82) is 0 Å². The predicted octanol–water partition coefficient (Wildman–Crippen LogP) is 2.32. The Morgan fingerprint density at radius 3 is 3.06 bits per heavy atom. The Balaban J connectivity index is 2.11. The molecule has 1 unspecified atom stereocenters. The summed E-state index contributed by atoms with van der Waals surface area (Å²) in [5, 5.41) is 3.25. The monoisotopic (exact) mass is 250 g/mol. The molecule has 0 aromatic heterocycles. The van der Waals surface area contributed by atoms with Crippen LogP contribution in [-0.2, 0) is 4.79 Å². The summed E-state index contributed by atoms with van der Waals surface area (Å²) in [6.45, 7) is 3.59. The standard InChI is InChI=1S/C14H19FN2O/c1-2-8-16-13-7-4-9-17(14(13)18)12-6-3-5-11(15)10-12/h3,5-6,10,13,16H,2,4,7-9H2,1H3. The first kappa shape index (κ1) is 13.0. The second-order valence-corrected chi connectivity index (χ2v) is 4.62. The zero-order chi connectivity index (χ0) is 13.0. The van der Waals surface area contributed by atoms with Gasteiger partial charge in [0.05, 0.1) is 6.04 Å². The van der Waals surface area contributed by atoms with Crippen molar-refractivity contribution in [2.75, 3.05) is 18.0 Å². The third-order valence-corrected chi connectivity index (χ3v) is 3.20. The Hall–Kier alpha value is -1.42. The van der Waals surface area contributed by atoms with Gasteiger partial charge >= 0.3 is 0 Å². The number of hydrogen-bond donors (Lipinski definition) is 1. The first-order chi connectivity index (χ1) is 8.72. The first-order valence-electron chi connectivity index (χ1n) is 6.52. The Morgan fingerprint density at radius 1 is 1.50 bits per heavy atom. The molecule has 98 valence electrons. The van der Waals surface area contributed by atoms with Gasteiger partial charge in [0.1, 0.15) is 5.82 Å². The molecular formula is C14H19FN2O. The van der Waals surface area contributed by atoms with Crippen LogP contribution in [-0.4, -0.2) is 25.0 Å². The molecule has 0 radical (unpaired) electrons. The lowest BCUT2D eigenvalue weighted by atomic mass is 10.0. The van der Waals surface area contributed by atoms with Crippen LogP contribution in [0.25, 0.3) is 0 Å². The fourth-order valence-corrected chi connectivity index (χ4v) is 2.28. The van der Waals surface area contributed by atoms with Gasteiger partial charge in [0, 0.05) is 12.2 Å². The van der Waals surface area contributed by atoms with Crippen LogP contribution < -0.4 is 10.2 Å². The average Bonchev–Trinajstić information content (AvgIpc) is 2.37. The van der Waals surface area contributed by atoms with E-state index in [-0.39, 0.29) is 17.8 Å². The number of anilines is 1. The summed E-state index contributed by atoms with van der Waals surface area (Å²) in [5.74, 6) is -0.246. The van der Waals surface area contributed by atoms with Crippen LogP contribution in [0.1, 0.15) is 26.2 Å². The molecule has 0 saturated carbocycles. The minimum absolute atomic E-state index is 0.0558. The van der Waals surface area contributed by atoms with Gasteiger partial charge in [-0.1, -0.05) is 13.0 Å². The highest BCUT2D eigenvalue weighted by atomic mass is 19.1. The molecular weight excluding hydrogens is 231 g/mol. The molecule has 1 amide bonds. The first-order valence-corrected chi connectivity index (χ1v) is 6.52. The summed E-state index contributed by atoms with van der Waals surface area (Å²) in [7, 11) is 0. The molecule has 1 aromatic rings. The summed E-state index contributed by atoms with van der Waals surface area (Å²) in [4.78, 5) is 14.0. The molecule has 1 fully saturated rings. The number of hydrogen-bond acceptors (Lipinski definition) is 2. The highest BCUT2D eigenvalue weighted by Gasteiger charge is 2.28. The molecule has 1 aliphatic rings. The van der Waals surface area contributed by atoms with E-state index in [9.17, 15) is 9.18 Å². The Labute approximate surface area is 107 Å². The zero-order valence-corrected chi connectivity index (χ0v) is 10.7. The number of amides is 1. The Kier molecular flexibility index (Phi) is 4.31. The largest absolute Gasteiger partial charge is 0.311 e. The maximum absolute atomic E-state index is 13.2. The van der Waals surface area contributed by atoms with E-state index >= 15 is 0 Å². The Bertz CT molecular complexity index is 422. The van der Waals surface area contributed by atoms with Crippen molar-refractivity contribution >= 4 is 11.6 Å². The van der Waals surface area contributed by atoms with Crippen LogP contribution in [0.15, 0.2) is 24.3 Å². The lowest BCUT2D eigenvalue weighted by Crippen LogP contribution is -2.51. The van der Waals surface area contributed by atoms with Gasteiger partial charge in [-0.05, 0) is 44.0 Å². The minimum atomic E-state index is -0.302. The molecule has 1 atom stereocenters. The molecule has 1 N–H and O–H groups in total. The summed E-state index contributed by atoms with van der Waals surface area (Å²) in [6, 6.07) is 6.11. The molecule has 4 heteroatoms. The second-order valence-electron chi connectivity index (χ2n) is 4.62. The summed E-state index contributed by atoms with van der Waals surface area (Å²) in [5.41, 5.74) is 0.656. The summed E-state index contributed by atoms with van der Waals surface area (Å²) < 4.78 is 13.2. The number of carbonyl (C=O) groups excluding carboxylic acids is 1. The van der Waals surface area contributed by atoms with Gasteiger partial charge in [0.15, 0.2) is 0 Å².